The Labute approximate surface area is 124 Å². The lowest BCUT2D eigenvalue weighted by Gasteiger charge is -2.01. The van der Waals surface area contributed by atoms with Gasteiger partial charge in [-0.05, 0) is 36.8 Å². The fraction of sp³-hybridized carbons (Fsp3) is 0.0667. The third-order valence-electron chi connectivity index (χ3n) is 3.07. The van der Waals surface area contributed by atoms with E-state index in [4.69, 9.17) is 10.3 Å². The summed E-state index contributed by atoms with van der Waals surface area (Å²) in [5.74, 6) is 1.04. The van der Waals surface area contributed by atoms with E-state index in [9.17, 15) is 0 Å². The average Bonchev–Trinajstić information content (AvgIpc) is 2.91. The molecule has 0 saturated carbocycles. The van der Waals surface area contributed by atoms with Crippen LogP contribution < -0.4 is 5.73 Å². The number of anilines is 1. The van der Waals surface area contributed by atoms with Gasteiger partial charge in [0.2, 0.25) is 5.82 Å². The number of halogens is 1. The molecule has 0 spiro atoms. The first-order valence-electron chi connectivity index (χ1n) is 6.10. The maximum absolute atomic E-state index is 5.77. The fourth-order valence-corrected chi connectivity index (χ4v) is 2.33. The van der Waals surface area contributed by atoms with E-state index in [2.05, 4.69) is 26.1 Å². The third-order valence-corrected chi connectivity index (χ3v) is 3.93. The van der Waals surface area contributed by atoms with Crippen LogP contribution in [0.2, 0.25) is 0 Å². The molecule has 0 atom stereocenters. The smallest absolute Gasteiger partial charge is 0.258 e. The summed E-state index contributed by atoms with van der Waals surface area (Å²) in [6.45, 7) is 2.00. The summed E-state index contributed by atoms with van der Waals surface area (Å²) >= 11 is 3.50. The van der Waals surface area contributed by atoms with Gasteiger partial charge in [0, 0.05) is 21.3 Å². The second-order valence-corrected chi connectivity index (χ2v) is 5.32. The molecule has 1 aromatic heterocycles. The molecule has 0 aliphatic heterocycles. The second-order valence-electron chi connectivity index (χ2n) is 4.46. The molecule has 0 unspecified atom stereocenters. The number of benzene rings is 2. The number of nitrogens with two attached hydrogens (primary N) is 1. The molecule has 0 bridgehead atoms. The lowest BCUT2D eigenvalue weighted by molar-refractivity contribution is 0.432. The fourth-order valence-electron chi connectivity index (χ4n) is 1.97. The van der Waals surface area contributed by atoms with Crippen molar-refractivity contribution in [1.82, 2.24) is 10.1 Å². The van der Waals surface area contributed by atoms with Crippen LogP contribution in [-0.2, 0) is 0 Å². The normalized spacial score (nSPS) is 10.7. The first-order valence-corrected chi connectivity index (χ1v) is 6.89. The van der Waals surface area contributed by atoms with Crippen molar-refractivity contribution in [3.05, 3.63) is 52.5 Å². The number of rotatable bonds is 2. The highest BCUT2D eigenvalue weighted by Crippen LogP contribution is 2.29. The molecular weight excluding hydrogens is 318 g/mol. The van der Waals surface area contributed by atoms with Crippen molar-refractivity contribution < 1.29 is 4.52 Å². The molecule has 4 nitrogen and oxygen atoms in total. The molecule has 3 rings (SSSR count). The minimum atomic E-state index is 0.501. The molecule has 2 N–H and O–H groups in total. The van der Waals surface area contributed by atoms with Crippen LogP contribution in [0.1, 0.15) is 5.56 Å². The Morgan fingerprint density at radius 3 is 2.75 bits per heavy atom. The van der Waals surface area contributed by atoms with Crippen LogP contribution in [0.15, 0.2) is 51.5 Å². The van der Waals surface area contributed by atoms with E-state index in [0.717, 1.165) is 21.2 Å². The highest BCUT2D eigenvalue weighted by molar-refractivity contribution is 9.10. The topological polar surface area (TPSA) is 64.9 Å². The minimum Gasteiger partial charge on any atom is -0.399 e. The summed E-state index contributed by atoms with van der Waals surface area (Å²) in [5, 5.41) is 4.02. The molecule has 5 heteroatoms. The maximum Gasteiger partial charge on any atom is 0.258 e. The Balaban J connectivity index is 2.04. The zero-order chi connectivity index (χ0) is 14.1. The van der Waals surface area contributed by atoms with E-state index >= 15 is 0 Å². The van der Waals surface area contributed by atoms with Crippen molar-refractivity contribution in [1.29, 1.82) is 0 Å². The number of nitrogen functional groups attached to an aromatic ring is 1. The van der Waals surface area contributed by atoms with Crippen molar-refractivity contribution in [3.8, 4) is 22.8 Å². The highest BCUT2D eigenvalue weighted by atomic mass is 79.9. The van der Waals surface area contributed by atoms with Crippen molar-refractivity contribution >= 4 is 21.6 Å². The Morgan fingerprint density at radius 2 is 1.95 bits per heavy atom. The van der Waals surface area contributed by atoms with E-state index in [1.165, 1.54) is 0 Å². The van der Waals surface area contributed by atoms with Crippen molar-refractivity contribution in [3.63, 3.8) is 0 Å². The van der Waals surface area contributed by atoms with Crippen LogP contribution in [0, 0.1) is 6.92 Å². The van der Waals surface area contributed by atoms with Gasteiger partial charge in [0.05, 0.1) is 0 Å². The number of hydrogen-bond donors (Lipinski definition) is 1. The Bertz CT molecular complexity index is 767. The standard InChI is InChI=1S/C15H12BrN3O/c1-9-12(6-3-7-13(9)16)15-18-14(19-20-15)10-4-2-5-11(17)8-10/h2-8H,17H2,1H3. The van der Waals surface area contributed by atoms with E-state index in [1.54, 1.807) is 0 Å². The lowest BCUT2D eigenvalue weighted by Crippen LogP contribution is -1.87. The number of nitrogens with zero attached hydrogens (tertiary/aromatic N) is 2. The van der Waals surface area contributed by atoms with E-state index in [1.807, 2.05) is 49.4 Å². The van der Waals surface area contributed by atoms with E-state index in [-0.39, 0.29) is 0 Å². The summed E-state index contributed by atoms with van der Waals surface area (Å²) in [5.41, 5.74) is 9.26. The molecule has 0 aliphatic carbocycles. The molecule has 0 saturated heterocycles. The van der Waals surface area contributed by atoms with Crippen LogP contribution in [0.3, 0.4) is 0 Å². The van der Waals surface area contributed by atoms with Gasteiger partial charge in [0.25, 0.3) is 5.89 Å². The summed E-state index contributed by atoms with van der Waals surface area (Å²) in [6.07, 6.45) is 0. The maximum atomic E-state index is 5.77. The number of hydrogen-bond acceptors (Lipinski definition) is 4. The second kappa shape index (κ2) is 5.09. The number of aromatic nitrogens is 2. The third kappa shape index (κ3) is 2.32. The zero-order valence-electron chi connectivity index (χ0n) is 10.8. The van der Waals surface area contributed by atoms with Gasteiger partial charge in [-0.3, -0.25) is 0 Å². The lowest BCUT2D eigenvalue weighted by atomic mass is 10.1. The van der Waals surface area contributed by atoms with Gasteiger partial charge in [0.15, 0.2) is 0 Å². The van der Waals surface area contributed by atoms with Crippen molar-refractivity contribution in [2.75, 3.05) is 5.73 Å². The van der Waals surface area contributed by atoms with Gasteiger partial charge >= 0.3 is 0 Å². The molecule has 0 aliphatic rings. The predicted molar refractivity (Wildman–Crippen MR) is 82.0 cm³/mol. The monoisotopic (exact) mass is 329 g/mol. The first-order chi connectivity index (χ1) is 9.65. The van der Waals surface area contributed by atoms with E-state index in [0.29, 0.717) is 17.4 Å². The van der Waals surface area contributed by atoms with Crippen LogP contribution in [0.4, 0.5) is 5.69 Å². The quantitative estimate of drug-likeness (QED) is 0.720. The Morgan fingerprint density at radius 1 is 1.15 bits per heavy atom. The molecule has 0 radical (unpaired) electrons. The van der Waals surface area contributed by atoms with Crippen LogP contribution >= 0.6 is 15.9 Å². The minimum absolute atomic E-state index is 0.501. The van der Waals surface area contributed by atoms with Gasteiger partial charge in [-0.15, -0.1) is 0 Å². The van der Waals surface area contributed by atoms with Crippen LogP contribution in [0.25, 0.3) is 22.8 Å². The van der Waals surface area contributed by atoms with Crippen LogP contribution in [0.5, 0.6) is 0 Å². The molecule has 0 fully saturated rings. The van der Waals surface area contributed by atoms with Crippen LogP contribution in [-0.4, -0.2) is 10.1 Å². The SMILES string of the molecule is Cc1c(Br)cccc1-c1nc(-c2cccc(N)c2)no1. The molecule has 3 aromatic rings. The van der Waals surface area contributed by atoms with Gasteiger partial charge in [-0.25, -0.2) is 0 Å². The van der Waals surface area contributed by atoms with Gasteiger partial charge in [0.1, 0.15) is 0 Å². The average molecular weight is 330 g/mol. The molecule has 20 heavy (non-hydrogen) atoms. The van der Waals surface area contributed by atoms with Crippen molar-refractivity contribution in [2.24, 2.45) is 0 Å². The highest BCUT2D eigenvalue weighted by Gasteiger charge is 2.13. The molecule has 0 amide bonds. The summed E-state index contributed by atoms with van der Waals surface area (Å²) in [4.78, 5) is 4.44. The van der Waals surface area contributed by atoms with Gasteiger partial charge in [-0.2, -0.15) is 4.98 Å². The molecule has 2 aromatic carbocycles. The molecule has 100 valence electrons. The van der Waals surface area contributed by atoms with Crippen molar-refractivity contribution in [2.45, 2.75) is 6.92 Å². The largest absolute Gasteiger partial charge is 0.399 e. The van der Waals surface area contributed by atoms with Gasteiger partial charge in [-0.1, -0.05) is 39.3 Å². The van der Waals surface area contributed by atoms with E-state index < -0.39 is 0 Å². The Kier molecular flexibility index (Phi) is 3.28. The molecular formula is C15H12BrN3O. The zero-order valence-corrected chi connectivity index (χ0v) is 12.4. The summed E-state index contributed by atoms with van der Waals surface area (Å²) < 4.78 is 6.37. The predicted octanol–water partition coefficient (Wildman–Crippen LogP) is 4.06. The summed E-state index contributed by atoms with van der Waals surface area (Å²) in [6, 6.07) is 13.3. The molecule has 1 heterocycles. The van der Waals surface area contributed by atoms with Gasteiger partial charge < -0.3 is 10.3 Å². The summed E-state index contributed by atoms with van der Waals surface area (Å²) in [7, 11) is 0. The Hall–Kier alpha value is -2.14. The first kappa shape index (κ1) is 12.9.